The molecule has 1 aromatic rings. The number of amides is 1. The summed E-state index contributed by atoms with van der Waals surface area (Å²) in [5.41, 5.74) is 0.521. The highest BCUT2D eigenvalue weighted by Crippen LogP contribution is 2.21. The van der Waals surface area contributed by atoms with Gasteiger partial charge in [-0.05, 0) is 31.1 Å². The predicted octanol–water partition coefficient (Wildman–Crippen LogP) is 3.18. The molecule has 0 bridgehead atoms. The topological polar surface area (TPSA) is 54.0 Å². The van der Waals surface area contributed by atoms with Crippen molar-refractivity contribution in [2.45, 2.75) is 32.2 Å². The lowest BCUT2D eigenvalue weighted by molar-refractivity contribution is 0.0938. The third-order valence-corrected chi connectivity index (χ3v) is 4.64. The molecule has 0 saturated carbocycles. The molecule has 1 atom stereocenters. The van der Waals surface area contributed by atoms with Crippen molar-refractivity contribution in [3.63, 3.8) is 0 Å². The Bertz CT molecular complexity index is 464. The van der Waals surface area contributed by atoms with Gasteiger partial charge >= 0.3 is 0 Å². The third kappa shape index (κ3) is 4.28. The van der Waals surface area contributed by atoms with Gasteiger partial charge in [-0.3, -0.25) is 4.79 Å². The zero-order valence-electron chi connectivity index (χ0n) is 11.6. The maximum atomic E-state index is 12.2. The number of carbonyl (C=O) groups is 1. The molecular formula is C14H20ClN3OS. The van der Waals surface area contributed by atoms with Crippen molar-refractivity contribution in [3.8, 4) is 0 Å². The zero-order valence-corrected chi connectivity index (χ0v) is 13.2. The minimum absolute atomic E-state index is 0.0889. The molecule has 1 saturated heterocycles. The molecule has 1 amide bonds. The fourth-order valence-corrected chi connectivity index (χ4v) is 3.36. The Morgan fingerprint density at radius 2 is 2.45 bits per heavy atom. The van der Waals surface area contributed by atoms with E-state index in [-0.39, 0.29) is 11.9 Å². The highest BCUT2D eigenvalue weighted by molar-refractivity contribution is 7.99. The molecule has 20 heavy (non-hydrogen) atoms. The number of carbonyl (C=O) groups excluding carboxylic acids is 1. The monoisotopic (exact) mass is 313 g/mol. The highest BCUT2D eigenvalue weighted by Gasteiger charge is 2.17. The number of thioether (sulfide) groups is 1. The number of pyridine rings is 1. The molecule has 0 aliphatic carbocycles. The molecule has 2 heterocycles. The Hall–Kier alpha value is -0.940. The van der Waals surface area contributed by atoms with Gasteiger partial charge in [-0.1, -0.05) is 18.5 Å². The van der Waals surface area contributed by atoms with Crippen LogP contribution in [0, 0.1) is 0 Å². The smallest absolute Gasteiger partial charge is 0.253 e. The summed E-state index contributed by atoms with van der Waals surface area (Å²) in [5.74, 6) is 2.73. The van der Waals surface area contributed by atoms with Gasteiger partial charge in [0.1, 0.15) is 5.82 Å². The van der Waals surface area contributed by atoms with E-state index in [1.807, 2.05) is 11.8 Å². The van der Waals surface area contributed by atoms with Gasteiger partial charge in [-0.25, -0.2) is 4.98 Å². The van der Waals surface area contributed by atoms with E-state index in [2.05, 4.69) is 22.5 Å². The standard InChI is InChI=1S/C14H20ClN3OS/c1-2-5-16-13-12(15)7-10(8-17-13)14(19)18-11-4-3-6-20-9-11/h7-8,11H,2-6,9H2,1H3,(H,16,17)(H,18,19). The molecule has 6 heteroatoms. The van der Waals surface area contributed by atoms with Crippen LogP contribution in [0.3, 0.4) is 0 Å². The van der Waals surface area contributed by atoms with Gasteiger partial charge in [0.2, 0.25) is 0 Å². The van der Waals surface area contributed by atoms with Crippen molar-refractivity contribution in [2.75, 3.05) is 23.4 Å². The molecule has 1 unspecified atom stereocenters. The summed E-state index contributed by atoms with van der Waals surface area (Å²) in [6, 6.07) is 1.94. The largest absolute Gasteiger partial charge is 0.369 e. The van der Waals surface area contributed by atoms with Crippen LogP contribution >= 0.6 is 23.4 Å². The highest BCUT2D eigenvalue weighted by atomic mass is 35.5. The first-order chi connectivity index (χ1) is 9.70. The minimum Gasteiger partial charge on any atom is -0.369 e. The number of nitrogens with zero attached hydrogens (tertiary/aromatic N) is 1. The molecule has 4 nitrogen and oxygen atoms in total. The van der Waals surface area contributed by atoms with Crippen molar-refractivity contribution in [1.82, 2.24) is 10.3 Å². The number of rotatable bonds is 5. The minimum atomic E-state index is -0.0889. The Kier molecular flexibility index (Phi) is 5.98. The van der Waals surface area contributed by atoms with E-state index in [9.17, 15) is 4.79 Å². The summed E-state index contributed by atoms with van der Waals surface area (Å²) >= 11 is 8.03. The van der Waals surface area contributed by atoms with E-state index < -0.39 is 0 Å². The second kappa shape index (κ2) is 7.74. The number of anilines is 1. The lowest BCUT2D eigenvalue weighted by atomic mass is 10.1. The summed E-state index contributed by atoms with van der Waals surface area (Å²) in [7, 11) is 0. The molecule has 2 rings (SSSR count). The van der Waals surface area contributed by atoms with Crippen LogP contribution in [0.4, 0.5) is 5.82 Å². The molecule has 1 aliphatic heterocycles. The van der Waals surface area contributed by atoms with Crippen LogP contribution in [0.2, 0.25) is 5.02 Å². The predicted molar refractivity (Wildman–Crippen MR) is 85.8 cm³/mol. The van der Waals surface area contributed by atoms with E-state index in [1.165, 1.54) is 5.75 Å². The Morgan fingerprint density at radius 1 is 1.60 bits per heavy atom. The van der Waals surface area contributed by atoms with Gasteiger partial charge in [0, 0.05) is 24.5 Å². The fourth-order valence-electron chi connectivity index (χ4n) is 2.06. The first-order valence-electron chi connectivity index (χ1n) is 6.98. The van der Waals surface area contributed by atoms with Crippen LogP contribution in [0.15, 0.2) is 12.3 Å². The number of hydrogen-bond donors (Lipinski definition) is 2. The summed E-state index contributed by atoms with van der Waals surface area (Å²) < 4.78 is 0. The molecule has 1 aromatic heterocycles. The van der Waals surface area contributed by atoms with E-state index in [0.29, 0.717) is 16.4 Å². The summed E-state index contributed by atoms with van der Waals surface area (Å²) in [5, 5.41) is 6.67. The van der Waals surface area contributed by atoms with Crippen LogP contribution in [0.25, 0.3) is 0 Å². The first-order valence-corrected chi connectivity index (χ1v) is 8.52. The van der Waals surface area contributed by atoms with Crippen LogP contribution in [-0.2, 0) is 0 Å². The van der Waals surface area contributed by atoms with Gasteiger partial charge < -0.3 is 10.6 Å². The molecule has 0 aromatic carbocycles. The van der Waals surface area contributed by atoms with Crippen molar-refractivity contribution in [3.05, 3.63) is 22.8 Å². The molecule has 2 N–H and O–H groups in total. The number of halogens is 1. The van der Waals surface area contributed by atoms with E-state index >= 15 is 0 Å². The number of hydrogen-bond acceptors (Lipinski definition) is 4. The molecule has 110 valence electrons. The molecule has 1 fully saturated rings. The van der Waals surface area contributed by atoms with Gasteiger partial charge in [-0.15, -0.1) is 0 Å². The number of nitrogens with one attached hydrogen (secondary N) is 2. The lowest BCUT2D eigenvalue weighted by Gasteiger charge is -2.22. The maximum absolute atomic E-state index is 12.2. The SMILES string of the molecule is CCCNc1ncc(C(=O)NC2CCCSC2)cc1Cl. The lowest BCUT2D eigenvalue weighted by Crippen LogP contribution is -2.38. The summed E-state index contributed by atoms with van der Waals surface area (Å²) in [6.07, 6.45) is 4.79. The van der Waals surface area contributed by atoms with Gasteiger partial charge in [0.05, 0.1) is 10.6 Å². The third-order valence-electron chi connectivity index (χ3n) is 3.14. The van der Waals surface area contributed by atoms with Crippen LogP contribution in [0.1, 0.15) is 36.5 Å². The summed E-state index contributed by atoms with van der Waals surface area (Å²) in [6.45, 7) is 2.89. The number of aromatic nitrogens is 1. The van der Waals surface area contributed by atoms with Crippen molar-refractivity contribution in [2.24, 2.45) is 0 Å². The second-order valence-corrected chi connectivity index (χ2v) is 6.43. The van der Waals surface area contributed by atoms with Gasteiger partial charge in [0.25, 0.3) is 5.91 Å². The van der Waals surface area contributed by atoms with Gasteiger partial charge in [-0.2, -0.15) is 11.8 Å². The first kappa shape index (κ1) is 15.4. The normalized spacial score (nSPS) is 18.6. The van der Waals surface area contributed by atoms with Gasteiger partial charge in [0.15, 0.2) is 0 Å². The maximum Gasteiger partial charge on any atom is 0.253 e. The zero-order chi connectivity index (χ0) is 14.4. The molecule has 0 spiro atoms. The van der Waals surface area contributed by atoms with Crippen LogP contribution < -0.4 is 10.6 Å². The van der Waals surface area contributed by atoms with Crippen LogP contribution in [0.5, 0.6) is 0 Å². The van der Waals surface area contributed by atoms with E-state index in [0.717, 1.165) is 31.6 Å². The quantitative estimate of drug-likeness (QED) is 0.876. The molecule has 0 radical (unpaired) electrons. The fraction of sp³-hybridized carbons (Fsp3) is 0.571. The Balaban J connectivity index is 1.97. The van der Waals surface area contributed by atoms with Crippen LogP contribution in [-0.4, -0.2) is 35.0 Å². The summed E-state index contributed by atoms with van der Waals surface area (Å²) in [4.78, 5) is 16.4. The molecular weight excluding hydrogens is 294 g/mol. The van der Waals surface area contributed by atoms with Crippen molar-refractivity contribution >= 4 is 35.1 Å². The molecule has 1 aliphatic rings. The second-order valence-electron chi connectivity index (χ2n) is 4.87. The Labute approximate surface area is 129 Å². The van der Waals surface area contributed by atoms with E-state index in [1.54, 1.807) is 12.3 Å². The van der Waals surface area contributed by atoms with Crippen molar-refractivity contribution < 1.29 is 4.79 Å². The average molecular weight is 314 g/mol. The van der Waals surface area contributed by atoms with Crippen molar-refractivity contribution in [1.29, 1.82) is 0 Å². The Morgan fingerprint density at radius 3 is 3.10 bits per heavy atom. The van der Waals surface area contributed by atoms with E-state index in [4.69, 9.17) is 11.6 Å². The average Bonchev–Trinajstić information content (AvgIpc) is 2.47.